The normalized spacial score (nSPS) is 12.8. The van der Waals surface area contributed by atoms with Crippen LogP contribution in [0.2, 0.25) is 0 Å². The van der Waals surface area contributed by atoms with E-state index in [-0.39, 0.29) is 21.2 Å². The molecule has 2 aromatic rings. The summed E-state index contributed by atoms with van der Waals surface area (Å²) in [7, 11) is 0. The molecule has 0 aliphatic rings. The van der Waals surface area contributed by atoms with Crippen molar-refractivity contribution < 1.29 is 23.4 Å². The van der Waals surface area contributed by atoms with Gasteiger partial charge in [-0.1, -0.05) is 15.9 Å². The maximum atomic E-state index is 14.0. The van der Waals surface area contributed by atoms with Crippen molar-refractivity contribution in [3.8, 4) is 0 Å². The summed E-state index contributed by atoms with van der Waals surface area (Å²) in [6.07, 6.45) is -1.38. The molecule has 0 aromatic heterocycles. The van der Waals surface area contributed by atoms with Crippen LogP contribution < -0.4 is 0 Å². The third kappa shape index (κ3) is 5.09. The minimum atomic E-state index is -1.38. The number of rotatable bonds is 3. The molecule has 0 fully saturated rings. The van der Waals surface area contributed by atoms with Crippen LogP contribution in [0.1, 0.15) is 48.4 Å². The van der Waals surface area contributed by atoms with Crippen molar-refractivity contribution in [3.63, 3.8) is 0 Å². The van der Waals surface area contributed by atoms with Crippen LogP contribution in [0.15, 0.2) is 39.3 Å². The molecule has 0 saturated carbocycles. The first-order valence-electron chi connectivity index (χ1n) is 7.34. The van der Waals surface area contributed by atoms with Crippen molar-refractivity contribution in [2.75, 3.05) is 0 Å². The number of hydrogen-bond acceptors (Lipinski definition) is 3. The molecule has 1 N–H and O–H groups in total. The second kappa shape index (κ2) is 7.51. The Balaban J connectivity index is 2.43. The average molecular weight is 478 g/mol. The van der Waals surface area contributed by atoms with E-state index < -0.39 is 29.3 Å². The lowest BCUT2D eigenvalue weighted by molar-refractivity contribution is 0.00692. The number of ether oxygens (including phenoxy) is 1. The van der Waals surface area contributed by atoms with Gasteiger partial charge in [0.1, 0.15) is 23.3 Å². The molecule has 0 radical (unpaired) electrons. The fraction of sp³-hybridized carbons (Fsp3) is 0.278. The lowest BCUT2D eigenvalue weighted by Gasteiger charge is -2.20. The van der Waals surface area contributed by atoms with Gasteiger partial charge in [0.05, 0.1) is 10.0 Å². The Bertz CT molecular complexity index is 817. The number of carbonyl (C=O) groups excluding carboxylic acids is 1. The first-order valence-corrected chi connectivity index (χ1v) is 8.93. The fourth-order valence-electron chi connectivity index (χ4n) is 2.15. The Labute approximate surface area is 161 Å². The summed E-state index contributed by atoms with van der Waals surface area (Å²) < 4.78 is 33.3. The summed E-state index contributed by atoms with van der Waals surface area (Å²) in [6, 6.07) is 6.37. The van der Waals surface area contributed by atoms with Crippen LogP contribution in [-0.4, -0.2) is 16.7 Å². The first kappa shape index (κ1) is 20.0. The van der Waals surface area contributed by atoms with Gasteiger partial charge in [-0.2, -0.15) is 0 Å². The molecular formula is C18H16Br2F2O3. The van der Waals surface area contributed by atoms with Crippen molar-refractivity contribution in [1.82, 2.24) is 0 Å². The third-order valence-corrected chi connectivity index (χ3v) is 4.27. The Morgan fingerprint density at radius 1 is 1.08 bits per heavy atom. The average Bonchev–Trinajstić information content (AvgIpc) is 2.48. The van der Waals surface area contributed by atoms with E-state index in [0.717, 1.165) is 0 Å². The molecule has 1 unspecified atom stereocenters. The predicted molar refractivity (Wildman–Crippen MR) is 97.4 cm³/mol. The third-order valence-electron chi connectivity index (χ3n) is 3.20. The molecule has 0 aliphatic heterocycles. The van der Waals surface area contributed by atoms with Gasteiger partial charge in [0.2, 0.25) is 0 Å². The van der Waals surface area contributed by atoms with Crippen LogP contribution in [0, 0.1) is 11.6 Å². The highest BCUT2D eigenvalue weighted by atomic mass is 79.9. The van der Waals surface area contributed by atoms with Crippen molar-refractivity contribution in [2.24, 2.45) is 0 Å². The number of aliphatic hydroxyl groups excluding tert-OH is 1. The molecule has 3 nitrogen and oxygen atoms in total. The van der Waals surface area contributed by atoms with Crippen LogP contribution in [0.5, 0.6) is 0 Å². The minimum Gasteiger partial charge on any atom is -0.456 e. The lowest BCUT2D eigenvalue weighted by atomic mass is 9.99. The predicted octanol–water partition coefficient (Wildman–Crippen LogP) is 5.53. The second-order valence-electron chi connectivity index (χ2n) is 6.47. The van der Waals surface area contributed by atoms with Gasteiger partial charge >= 0.3 is 5.97 Å². The molecule has 1 atom stereocenters. The monoisotopic (exact) mass is 476 g/mol. The smallest absolute Gasteiger partial charge is 0.338 e. The molecule has 0 amide bonds. The molecule has 7 heteroatoms. The molecule has 0 heterocycles. The quantitative estimate of drug-likeness (QED) is 0.467. The topological polar surface area (TPSA) is 46.5 Å². The Kier molecular flexibility index (Phi) is 6.01. The molecule has 134 valence electrons. The summed E-state index contributed by atoms with van der Waals surface area (Å²) in [6.45, 7) is 5.22. The van der Waals surface area contributed by atoms with Crippen molar-refractivity contribution >= 4 is 37.8 Å². The molecule has 2 rings (SSSR count). The van der Waals surface area contributed by atoms with Gasteiger partial charge in [-0.25, -0.2) is 13.6 Å². The van der Waals surface area contributed by atoms with E-state index in [0.29, 0.717) is 10.5 Å². The molecule has 2 aromatic carbocycles. The van der Waals surface area contributed by atoms with Crippen LogP contribution in [0.3, 0.4) is 0 Å². The first-order chi connectivity index (χ1) is 11.5. The van der Waals surface area contributed by atoms with E-state index in [1.807, 2.05) is 0 Å². The van der Waals surface area contributed by atoms with Gasteiger partial charge in [0, 0.05) is 16.1 Å². The molecular weight excluding hydrogens is 462 g/mol. The zero-order chi connectivity index (χ0) is 18.9. The Morgan fingerprint density at radius 3 is 2.32 bits per heavy atom. The summed E-state index contributed by atoms with van der Waals surface area (Å²) in [5.41, 5.74) is -0.305. The summed E-state index contributed by atoms with van der Waals surface area (Å²) >= 11 is 6.23. The van der Waals surface area contributed by atoms with Crippen molar-refractivity contribution in [2.45, 2.75) is 32.5 Å². The van der Waals surface area contributed by atoms with Crippen LogP contribution >= 0.6 is 31.9 Å². The maximum Gasteiger partial charge on any atom is 0.338 e. The summed E-state index contributed by atoms with van der Waals surface area (Å²) in [5.74, 6) is -2.22. The Hall–Kier alpha value is -1.31. The molecule has 0 aliphatic carbocycles. The van der Waals surface area contributed by atoms with Crippen molar-refractivity contribution in [3.05, 3.63) is 67.6 Å². The zero-order valence-electron chi connectivity index (χ0n) is 13.7. The highest BCUT2D eigenvalue weighted by Gasteiger charge is 2.22. The number of carbonyl (C=O) groups is 1. The lowest BCUT2D eigenvalue weighted by Crippen LogP contribution is -2.24. The highest BCUT2D eigenvalue weighted by molar-refractivity contribution is 9.10. The van der Waals surface area contributed by atoms with Gasteiger partial charge in [-0.15, -0.1) is 0 Å². The van der Waals surface area contributed by atoms with E-state index in [4.69, 9.17) is 4.74 Å². The second-order valence-corrected chi connectivity index (χ2v) is 8.24. The molecule has 0 spiro atoms. The Morgan fingerprint density at radius 2 is 1.72 bits per heavy atom. The van der Waals surface area contributed by atoms with Gasteiger partial charge in [0.15, 0.2) is 0 Å². The summed E-state index contributed by atoms with van der Waals surface area (Å²) in [4.78, 5) is 12.2. The SMILES string of the molecule is CC(C)(C)OC(=O)c1cc(Br)cc(C(O)c2cc(Br)c(F)cc2F)c1. The number of esters is 1. The number of benzene rings is 2. The number of aliphatic hydroxyl groups is 1. The minimum absolute atomic E-state index is 0.0327. The number of hydrogen-bond donors (Lipinski definition) is 1. The standard InChI is InChI=1S/C18H16Br2F2O3/c1-18(2,3)25-17(24)10-4-9(5-11(19)6-10)16(23)12-7-13(20)15(22)8-14(12)21/h4-8,16,23H,1-3H3. The summed E-state index contributed by atoms with van der Waals surface area (Å²) in [5, 5.41) is 10.5. The molecule has 0 saturated heterocycles. The molecule has 0 bridgehead atoms. The number of halogens is 4. The highest BCUT2D eigenvalue weighted by Crippen LogP contribution is 2.31. The van der Waals surface area contributed by atoms with E-state index in [2.05, 4.69) is 31.9 Å². The zero-order valence-corrected chi connectivity index (χ0v) is 16.9. The van der Waals surface area contributed by atoms with Crippen LogP contribution in [-0.2, 0) is 4.74 Å². The van der Waals surface area contributed by atoms with Gasteiger partial charge in [-0.3, -0.25) is 0 Å². The van der Waals surface area contributed by atoms with Gasteiger partial charge < -0.3 is 9.84 Å². The van der Waals surface area contributed by atoms with Gasteiger partial charge in [-0.05, 0) is 66.5 Å². The van der Waals surface area contributed by atoms with Crippen LogP contribution in [0.25, 0.3) is 0 Å². The van der Waals surface area contributed by atoms with E-state index >= 15 is 0 Å². The van der Waals surface area contributed by atoms with Gasteiger partial charge in [0.25, 0.3) is 0 Å². The van der Waals surface area contributed by atoms with E-state index in [1.165, 1.54) is 12.1 Å². The largest absolute Gasteiger partial charge is 0.456 e. The van der Waals surface area contributed by atoms with Crippen molar-refractivity contribution in [1.29, 1.82) is 0 Å². The maximum absolute atomic E-state index is 14.0. The van der Waals surface area contributed by atoms with Crippen LogP contribution in [0.4, 0.5) is 8.78 Å². The van der Waals surface area contributed by atoms with E-state index in [1.54, 1.807) is 32.9 Å². The molecule has 25 heavy (non-hydrogen) atoms. The fourth-order valence-corrected chi connectivity index (χ4v) is 3.02. The van der Waals surface area contributed by atoms with E-state index in [9.17, 15) is 18.7 Å².